The van der Waals surface area contributed by atoms with Gasteiger partial charge in [0.2, 0.25) is 0 Å². The Kier molecular flexibility index (Phi) is 4.51. The lowest BCUT2D eigenvalue weighted by molar-refractivity contribution is 0.0288. The van der Waals surface area contributed by atoms with Crippen molar-refractivity contribution in [2.24, 2.45) is 11.8 Å². The van der Waals surface area contributed by atoms with Crippen LogP contribution in [0.15, 0.2) is 12.7 Å². The number of hydrogen-bond donors (Lipinski definition) is 0. The Morgan fingerprint density at radius 1 is 1.31 bits per heavy atom. The Balaban J connectivity index is 2.18. The standard InChI is InChI=1S/C12H22O/c1-4-9-13-12-7-5-11(6-8-12)10(2)3/h4,10-12H,1,5-9H2,2-3H3. The number of hydrogen-bond acceptors (Lipinski definition) is 1. The van der Waals surface area contributed by atoms with Crippen LogP contribution in [0.2, 0.25) is 0 Å². The normalized spacial score (nSPS) is 29.2. The van der Waals surface area contributed by atoms with Crippen LogP contribution in [-0.4, -0.2) is 12.7 Å². The molecule has 1 aliphatic carbocycles. The number of ether oxygens (including phenoxy) is 1. The van der Waals surface area contributed by atoms with Crippen LogP contribution < -0.4 is 0 Å². The van der Waals surface area contributed by atoms with E-state index in [-0.39, 0.29) is 0 Å². The van der Waals surface area contributed by atoms with Gasteiger partial charge in [-0.25, -0.2) is 0 Å². The van der Waals surface area contributed by atoms with Gasteiger partial charge in [-0.15, -0.1) is 6.58 Å². The first-order valence-corrected chi connectivity index (χ1v) is 5.46. The van der Waals surface area contributed by atoms with E-state index in [2.05, 4.69) is 20.4 Å². The highest BCUT2D eigenvalue weighted by atomic mass is 16.5. The monoisotopic (exact) mass is 182 g/mol. The molecule has 0 aromatic carbocycles. The van der Waals surface area contributed by atoms with Gasteiger partial charge in [0.15, 0.2) is 0 Å². The predicted molar refractivity (Wildman–Crippen MR) is 56.7 cm³/mol. The minimum atomic E-state index is 0.507. The second kappa shape index (κ2) is 5.43. The van der Waals surface area contributed by atoms with Crippen molar-refractivity contribution in [3.63, 3.8) is 0 Å². The molecule has 1 rings (SSSR count). The largest absolute Gasteiger partial charge is 0.374 e. The zero-order chi connectivity index (χ0) is 9.68. The Morgan fingerprint density at radius 2 is 1.92 bits per heavy atom. The summed E-state index contributed by atoms with van der Waals surface area (Å²) >= 11 is 0. The molecule has 1 aliphatic rings. The van der Waals surface area contributed by atoms with Gasteiger partial charge < -0.3 is 4.74 Å². The SMILES string of the molecule is C=CCOC1CCC(C(C)C)CC1. The topological polar surface area (TPSA) is 9.23 Å². The lowest BCUT2D eigenvalue weighted by Gasteiger charge is -2.30. The highest BCUT2D eigenvalue weighted by Crippen LogP contribution is 2.31. The molecule has 76 valence electrons. The van der Waals surface area contributed by atoms with Gasteiger partial charge in [0.05, 0.1) is 12.7 Å². The summed E-state index contributed by atoms with van der Waals surface area (Å²) in [5.41, 5.74) is 0. The predicted octanol–water partition coefficient (Wildman–Crippen LogP) is 3.40. The highest BCUT2D eigenvalue weighted by molar-refractivity contribution is 4.76. The molecule has 1 fully saturated rings. The summed E-state index contributed by atoms with van der Waals surface area (Å²) < 4.78 is 5.64. The van der Waals surface area contributed by atoms with E-state index in [9.17, 15) is 0 Å². The van der Waals surface area contributed by atoms with Crippen molar-refractivity contribution >= 4 is 0 Å². The van der Waals surface area contributed by atoms with Crippen molar-refractivity contribution in [1.29, 1.82) is 0 Å². The van der Waals surface area contributed by atoms with Gasteiger partial charge >= 0.3 is 0 Å². The Hall–Kier alpha value is -0.300. The average Bonchev–Trinajstić information content (AvgIpc) is 2.15. The van der Waals surface area contributed by atoms with Gasteiger partial charge in [0, 0.05) is 0 Å². The van der Waals surface area contributed by atoms with Gasteiger partial charge in [-0.3, -0.25) is 0 Å². The second-order valence-corrected chi connectivity index (χ2v) is 4.40. The molecule has 1 nitrogen and oxygen atoms in total. The third-order valence-electron chi connectivity index (χ3n) is 3.11. The summed E-state index contributed by atoms with van der Waals surface area (Å²) in [6, 6.07) is 0. The summed E-state index contributed by atoms with van der Waals surface area (Å²) in [7, 11) is 0. The minimum Gasteiger partial charge on any atom is -0.374 e. The maximum atomic E-state index is 5.64. The molecule has 0 radical (unpaired) electrons. The molecule has 0 N–H and O–H groups in total. The number of rotatable bonds is 4. The first-order valence-electron chi connectivity index (χ1n) is 5.46. The Labute approximate surface area is 82.2 Å². The van der Waals surface area contributed by atoms with Crippen LogP contribution in [0.1, 0.15) is 39.5 Å². The Morgan fingerprint density at radius 3 is 2.38 bits per heavy atom. The van der Waals surface area contributed by atoms with Gasteiger partial charge in [-0.05, 0) is 37.5 Å². The molecule has 0 spiro atoms. The fraction of sp³-hybridized carbons (Fsp3) is 0.833. The van der Waals surface area contributed by atoms with Crippen LogP contribution in [0.5, 0.6) is 0 Å². The average molecular weight is 182 g/mol. The van der Waals surface area contributed by atoms with Crippen molar-refractivity contribution in [1.82, 2.24) is 0 Å². The van der Waals surface area contributed by atoms with E-state index in [4.69, 9.17) is 4.74 Å². The van der Waals surface area contributed by atoms with Crippen molar-refractivity contribution in [2.75, 3.05) is 6.61 Å². The molecule has 0 amide bonds. The smallest absolute Gasteiger partial charge is 0.0648 e. The van der Waals surface area contributed by atoms with E-state index >= 15 is 0 Å². The van der Waals surface area contributed by atoms with Gasteiger partial charge in [0.1, 0.15) is 0 Å². The quantitative estimate of drug-likeness (QED) is 0.605. The van der Waals surface area contributed by atoms with Crippen LogP contribution >= 0.6 is 0 Å². The second-order valence-electron chi connectivity index (χ2n) is 4.40. The molecule has 0 aromatic rings. The maximum Gasteiger partial charge on any atom is 0.0648 e. The summed E-state index contributed by atoms with van der Waals surface area (Å²) in [6.45, 7) is 9.04. The Bertz CT molecular complexity index is 143. The van der Waals surface area contributed by atoms with E-state index in [0.717, 1.165) is 18.4 Å². The molecule has 0 heterocycles. The zero-order valence-corrected chi connectivity index (χ0v) is 8.96. The molecule has 0 saturated heterocycles. The molecule has 0 aliphatic heterocycles. The maximum absolute atomic E-state index is 5.64. The fourth-order valence-corrected chi connectivity index (χ4v) is 2.13. The lowest BCUT2D eigenvalue weighted by Crippen LogP contribution is -2.24. The molecule has 0 bridgehead atoms. The van der Waals surface area contributed by atoms with E-state index < -0.39 is 0 Å². The molecule has 0 unspecified atom stereocenters. The molecule has 13 heavy (non-hydrogen) atoms. The van der Waals surface area contributed by atoms with E-state index in [1.165, 1.54) is 25.7 Å². The highest BCUT2D eigenvalue weighted by Gasteiger charge is 2.22. The fourth-order valence-electron chi connectivity index (χ4n) is 2.13. The van der Waals surface area contributed by atoms with E-state index in [1.54, 1.807) is 0 Å². The molecule has 1 heteroatoms. The van der Waals surface area contributed by atoms with Crippen molar-refractivity contribution in [3.8, 4) is 0 Å². The molecule has 0 atom stereocenters. The summed E-state index contributed by atoms with van der Waals surface area (Å²) in [5, 5.41) is 0. The van der Waals surface area contributed by atoms with Gasteiger partial charge in [-0.2, -0.15) is 0 Å². The lowest BCUT2D eigenvalue weighted by atomic mass is 9.80. The van der Waals surface area contributed by atoms with Crippen molar-refractivity contribution in [3.05, 3.63) is 12.7 Å². The zero-order valence-electron chi connectivity index (χ0n) is 8.96. The molecular weight excluding hydrogens is 160 g/mol. The first kappa shape index (κ1) is 10.8. The molecular formula is C12H22O. The van der Waals surface area contributed by atoms with E-state index in [0.29, 0.717) is 6.10 Å². The van der Waals surface area contributed by atoms with Crippen LogP contribution in [-0.2, 0) is 4.74 Å². The van der Waals surface area contributed by atoms with Crippen molar-refractivity contribution < 1.29 is 4.74 Å². The molecule has 0 aromatic heterocycles. The van der Waals surface area contributed by atoms with Gasteiger partial charge in [-0.1, -0.05) is 19.9 Å². The summed E-state index contributed by atoms with van der Waals surface area (Å²) in [6.07, 6.45) is 7.54. The van der Waals surface area contributed by atoms with Crippen LogP contribution in [0.3, 0.4) is 0 Å². The van der Waals surface area contributed by atoms with Crippen molar-refractivity contribution in [2.45, 2.75) is 45.6 Å². The van der Waals surface area contributed by atoms with E-state index in [1.807, 2.05) is 6.08 Å². The van der Waals surface area contributed by atoms with Crippen LogP contribution in [0.4, 0.5) is 0 Å². The third-order valence-corrected chi connectivity index (χ3v) is 3.11. The van der Waals surface area contributed by atoms with Crippen LogP contribution in [0.25, 0.3) is 0 Å². The summed E-state index contributed by atoms with van der Waals surface area (Å²) in [5.74, 6) is 1.78. The minimum absolute atomic E-state index is 0.507. The van der Waals surface area contributed by atoms with Gasteiger partial charge in [0.25, 0.3) is 0 Å². The first-order chi connectivity index (χ1) is 6.24. The third kappa shape index (κ3) is 3.51. The molecule has 1 saturated carbocycles. The van der Waals surface area contributed by atoms with Crippen LogP contribution in [0, 0.1) is 11.8 Å². The summed E-state index contributed by atoms with van der Waals surface area (Å²) in [4.78, 5) is 0.